The molecule has 2 aromatic carbocycles. The summed E-state index contributed by atoms with van der Waals surface area (Å²) in [6.45, 7) is 0.545. The first-order valence-corrected chi connectivity index (χ1v) is 8.58. The smallest absolute Gasteiger partial charge is 0.123 e. The van der Waals surface area contributed by atoms with Gasteiger partial charge in [-0.25, -0.2) is 4.39 Å². The largest absolute Gasteiger partial charge is 0.379 e. The highest BCUT2D eigenvalue weighted by Crippen LogP contribution is 2.41. The summed E-state index contributed by atoms with van der Waals surface area (Å²) in [5, 5.41) is 2.95. The predicted molar refractivity (Wildman–Crippen MR) is 97.7 cm³/mol. The van der Waals surface area contributed by atoms with Crippen molar-refractivity contribution in [3.8, 4) is 22.4 Å². The first kappa shape index (κ1) is 15.1. The first-order chi connectivity index (χ1) is 11.8. The number of methoxy groups -OCH3 is 1. The van der Waals surface area contributed by atoms with Gasteiger partial charge in [0, 0.05) is 34.0 Å². The lowest BCUT2D eigenvalue weighted by molar-refractivity contribution is 0.188. The average molecular weight is 337 g/mol. The predicted octanol–water partition coefficient (Wildman–Crippen LogP) is 5.85. The number of fused-ring (bicyclic) bond motifs is 1. The number of rotatable bonds is 4. The van der Waals surface area contributed by atoms with E-state index in [1.54, 1.807) is 30.6 Å². The Balaban J connectivity index is 2.04. The third kappa shape index (κ3) is 2.54. The van der Waals surface area contributed by atoms with E-state index in [2.05, 4.69) is 28.6 Å². The number of aromatic amines is 1. The van der Waals surface area contributed by atoms with Crippen LogP contribution in [0.15, 0.2) is 60.0 Å². The highest BCUT2D eigenvalue weighted by molar-refractivity contribution is 7.10. The van der Waals surface area contributed by atoms with E-state index >= 15 is 0 Å². The van der Waals surface area contributed by atoms with Gasteiger partial charge in [-0.2, -0.15) is 0 Å². The molecule has 2 nitrogen and oxygen atoms in total. The van der Waals surface area contributed by atoms with Crippen molar-refractivity contribution >= 4 is 22.2 Å². The summed E-state index contributed by atoms with van der Waals surface area (Å²) in [4.78, 5) is 4.60. The van der Waals surface area contributed by atoms with Crippen LogP contribution < -0.4 is 0 Å². The molecular weight excluding hydrogens is 321 g/mol. The standard InChI is InChI=1S/C20H16FNOS/c1-23-12-18-15(9-10-24-18)19-16-11-14(21)7-8-17(16)22-20(19)13-5-3-2-4-6-13/h2-11,22H,12H2,1H3. The van der Waals surface area contributed by atoms with Crippen LogP contribution in [0.3, 0.4) is 0 Å². The Morgan fingerprint density at radius 1 is 1.08 bits per heavy atom. The number of nitrogens with one attached hydrogen (secondary N) is 1. The van der Waals surface area contributed by atoms with Crippen molar-refractivity contribution in [2.24, 2.45) is 0 Å². The molecule has 4 heteroatoms. The number of thiophene rings is 1. The number of ether oxygens (including phenoxy) is 1. The van der Waals surface area contributed by atoms with Gasteiger partial charge >= 0.3 is 0 Å². The Labute approximate surface area is 143 Å². The quantitative estimate of drug-likeness (QED) is 0.496. The second kappa shape index (κ2) is 6.23. The normalized spacial score (nSPS) is 11.2. The maximum absolute atomic E-state index is 13.9. The number of halogens is 1. The summed E-state index contributed by atoms with van der Waals surface area (Å²) in [6.07, 6.45) is 0. The van der Waals surface area contributed by atoms with E-state index in [-0.39, 0.29) is 5.82 Å². The minimum Gasteiger partial charge on any atom is -0.379 e. The van der Waals surface area contributed by atoms with Gasteiger partial charge in [-0.3, -0.25) is 0 Å². The molecule has 24 heavy (non-hydrogen) atoms. The van der Waals surface area contributed by atoms with E-state index < -0.39 is 0 Å². The molecule has 1 N–H and O–H groups in total. The van der Waals surface area contributed by atoms with Crippen molar-refractivity contribution in [2.75, 3.05) is 7.11 Å². The van der Waals surface area contributed by atoms with E-state index in [1.807, 2.05) is 18.2 Å². The Morgan fingerprint density at radius 2 is 1.92 bits per heavy atom. The fourth-order valence-corrected chi connectivity index (χ4v) is 3.92. The molecule has 0 aliphatic heterocycles. The minimum absolute atomic E-state index is 0.231. The van der Waals surface area contributed by atoms with Gasteiger partial charge in [0.1, 0.15) is 5.82 Å². The van der Waals surface area contributed by atoms with Crippen molar-refractivity contribution in [1.82, 2.24) is 4.98 Å². The van der Waals surface area contributed by atoms with Gasteiger partial charge in [-0.15, -0.1) is 11.3 Å². The number of hydrogen-bond donors (Lipinski definition) is 1. The Morgan fingerprint density at radius 3 is 2.71 bits per heavy atom. The highest BCUT2D eigenvalue weighted by Gasteiger charge is 2.18. The molecule has 0 fully saturated rings. The van der Waals surface area contributed by atoms with Gasteiger partial charge in [-0.1, -0.05) is 30.3 Å². The van der Waals surface area contributed by atoms with Crippen LogP contribution in [0.4, 0.5) is 4.39 Å². The van der Waals surface area contributed by atoms with E-state index in [9.17, 15) is 4.39 Å². The fourth-order valence-electron chi connectivity index (χ4n) is 3.07. The van der Waals surface area contributed by atoms with E-state index in [0.29, 0.717) is 6.61 Å². The second-order valence-corrected chi connectivity index (χ2v) is 6.62. The molecule has 0 spiro atoms. The summed E-state index contributed by atoms with van der Waals surface area (Å²) in [5.41, 5.74) is 5.15. The maximum atomic E-state index is 13.9. The molecule has 120 valence electrons. The van der Waals surface area contributed by atoms with Gasteiger partial charge in [0.25, 0.3) is 0 Å². The van der Waals surface area contributed by atoms with Crippen molar-refractivity contribution in [3.05, 3.63) is 70.7 Å². The molecule has 0 amide bonds. The number of H-pyrrole nitrogens is 1. The Kier molecular flexibility index (Phi) is 3.92. The van der Waals surface area contributed by atoms with Crippen LogP contribution in [-0.4, -0.2) is 12.1 Å². The minimum atomic E-state index is -0.231. The van der Waals surface area contributed by atoms with Crippen LogP contribution in [0.2, 0.25) is 0 Å². The molecular formula is C20H16FNOS. The number of benzene rings is 2. The molecule has 0 atom stereocenters. The zero-order valence-corrected chi connectivity index (χ0v) is 14.0. The zero-order valence-electron chi connectivity index (χ0n) is 13.2. The van der Waals surface area contributed by atoms with E-state index in [0.717, 1.165) is 38.2 Å². The summed E-state index contributed by atoms with van der Waals surface area (Å²) in [7, 11) is 1.69. The summed E-state index contributed by atoms with van der Waals surface area (Å²) in [6, 6.07) is 17.1. The molecule has 2 heterocycles. The lowest BCUT2D eigenvalue weighted by Crippen LogP contribution is -1.88. The van der Waals surface area contributed by atoms with E-state index in [1.165, 1.54) is 6.07 Å². The van der Waals surface area contributed by atoms with Gasteiger partial charge in [0.15, 0.2) is 0 Å². The van der Waals surface area contributed by atoms with Crippen molar-refractivity contribution in [2.45, 2.75) is 6.61 Å². The van der Waals surface area contributed by atoms with Crippen molar-refractivity contribution < 1.29 is 9.13 Å². The monoisotopic (exact) mass is 337 g/mol. The van der Waals surface area contributed by atoms with Crippen LogP contribution in [0.5, 0.6) is 0 Å². The lowest BCUT2D eigenvalue weighted by atomic mass is 9.99. The third-order valence-corrected chi connectivity index (χ3v) is 5.01. The first-order valence-electron chi connectivity index (χ1n) is 7.70. The molecule has 0 aliphatic carbocycles. The van der Waals surface area contributed by atoms with Crippen LogP contribution in [0.25, 0.3) is 33.3 Å². The summed E-state index contributed by atoms with van der Waals surface area (Å²) >= 11 is 1.66. The number of aromatic nitrogens is 1. The van der Waals surface area contributed by atoms with Gasteiger partial charge in [0.05, 0.1) is 12.3 Å². The summed E-state index contributed by atoms with van der Waals surface area (Å²) < 4.78 is 19.2. The summed E-state index contributed by atoms with van der Waals surface area (Å²) in [5.74, 6) is -0.231. The lowest BCUT2D eigenvalue weighted by Gasteiger charge is -2.07. The van der Waals surface area contributed by atoms with Gasteiger partial charge < -0.3 is 9.72 Å². The topological polar surface area (TPSA) is 25.0 Å². The average Bonchev–Trinajstić information content (AvgIpc) is 3.19. The maximum Gasteiger partial charge on any atom is 0.123 e. The van der Waals surface area contributed by atoms with Gasteiger partial charge in [0.2, 0.25) is 0 Å². The molecule has 0 saturated heterocycles. The Hall–Kier alpha value is -2.43. The molecule has 4 aromatic rings. The van der Waals surface area contributed by atoms with E-state index in [4.69, 9.17) is 4.74 Å². The van der Waals surface area contributed by atoms with Crippen LogP contribution in [0, 0.1) is 5.82 Å². The second-order valence-electron chi connectivity index (χ2n) is 5.62. The van der Waals surface area contributed by atoms with Crippen LogP contribution >= 0.6 is 11.3 Å². The van der Waals surface area contributed by atoms with Crippen molar-refractivity contribution in [1.29, 1.82) is 0 Å². The molecule has 0 bridgehead atoms. The molecule has 0 saturated carbocycles. The fraction of sp³-hybridized carbons (Fsp3) is 0.100. The number of hydrogen-bond acceptors (Lipinski definition) is 2. The highest BCUT2D eigenvalue weighted by atomic mass is 32.1. The molecule has 0 unspecified atom stereocenters. The Bertz CT molecular complexity index is 987. The van der Waals surface area contributed by atoms with Crippen molar-refractivity contribution in [3.63, 3.8) is 0 Å². The molecule has 2 aromatic heterocycles. The third-order valence-electron chi connectivity index (χ3n) is 4.11. The molecule has 4 rings (SSSR count). The van der Waals surface area contributed by atoms with Crippen LogP contribution in [0.1, 0.15) is 4.88 Å². The van der Waals surface area contributed by atoms with Crippen LogP contribution in [-0.2, 0) is 11.3 Å². The molecule has 0 radical (unpaired) electrons. The SMILES string of the molecule is COCc1sccc1-c1c(-c2ccccc2)[nH]c2ccc(F)cc12. The molecule has 0 aliphatic rings. The zero-order chi connectivity index (χ0) is 16.5. The van der Waals surface area contributed by atoms with Gasteiger partial charge in [-0.05, 0) is 35.2 Å².